The Labute approximate surface area is 185 Å². The summed E-state index contributed by atoms with van der Waals surface area (Å²) in [7, 11) is 7.82. The maximum absolute atomic E-state index is 5.92. The van der Waals surface area contributed by atoms with Gasteiger partial charge in [0.2, 0.25) is 0 Å². The summed E-state index contributed by atoms with van der Waals surface area (Å²) in [6, 6.07) is 8.09. The Morgan fingerprint density at radius 1 is 1.18 bits per heavy atom. The van der Waals surface area contributed by atoms with Gasteiger partial charge < -0.3 is 20.3 Å². The number of nitrogens with zero attached hydrogens (tertiary/aromatic N) is 4. The Hall–Kier alpha value is -1.81. The van der Waals surface area contributed by atoms with E-state index in [-0.39, 0.29) is 24.0 Å². The van der Waals surface area contributed by atoms with Gasteiger partial charge in [0.1, 0.15) is 12.4 Å². The summed E-state index contributed by atoms with van der Waals surface area (Å²) in [6.45, 7) is 6.98. The van der Waals surface area contributed by atoms with Gasteiger partial charge in [-0.2, -0.15) is 5.10 Å². The smallest absolute Gasteiger partial charge is 0.191 e. The first-order chi connectivity index (χ1) is 12.9. The third-order valence-corrected chi connectivity index (χ3v) is 4.53. The molecule has 0 radical (unpaired) electrons. The van der Waals surface area contributed by atoms with Crippen LogP contribution in [0.25, 0.3) is 0 Å². The number of para-hydroxylation sites is 1. The fraction of sp³-hybridized carbons (Fsp3) is 0.500. The normalized spacial score (nSPS) is 11.3. The topological polar surface area (TPSA) is 66.7 Å². The molecular weight excluding hydrogens is 467 g/mol. The van der Waals surface area contributed by atoms with Gasteiger partial charge in [-0.1, -0.05) is 18.2 Å². The van der Waals surface area contributed by atoms with Gasteiger partial charge in [-0.3, -0.25) is 9.67 Å². The highest BCUT2D eigenvalue weighted by molar-refractivity contribution is 14.0. The van der Waals surface area contributed by atoms with Crippen molar-refractivity contribution in [2.45, 2.75) is 26.9 Å². The number of benzene rings is 1. The second kappa shape index (κ2) is 11.9. The SMILES string of the molecule is CN=C(NCc1ccccc1OCCN(C)C)NCc1c(C)nn(C)c1C.I. The number of likely N-dealkylation sites (N-methyl/N-ethyl adjacent to an activating group) is 1. The van der Waals surface area contributed by atoms with Crippen LogP contribution in [-0.2, 0) is 20.1 Å². The molecular formula is C20H33IN6O. The van der Waals surface area contributed by atoms with Gasteiger partial charge in [0, 0.05) is 50.6 Å². The molecule has 28 heavy (non-hydrogen) atoms. The van der Waals surface area contributed by atoms with Crippen LogP contribution in [0.3, 0.4) is 0 Å². The summed E-state index contributed by atoms with van der Waals surface area (Å²) in [5, 5.41) is 11.2. The minimum atomic E-state index is 0. The molecule has 7 nitrogen and oxygen atoms in total. The first-order valence-electron chi connectivity index (χ1n) is 9.21. The largest absolute Gasteiger partial charge is 0.492 e. The van der Waals surface area contributed by atoms with Crippen molar-refractivity contribution in [3.05, 3.63) is 46.8 Å². The van der Waals surface area contributed by atoms with Crippen LogP contribution in [-0.4, -0.2) is 54.9 Å². The van der Waals surface area contributed by atoms with E-state index in [9.17, 15) is 0 Å². The van der Waals surface area contributed by atoms with Gasteiger partial charge in [0.15, 0.2) is 5.96 Å². The molecule has 0 unspecified atom stereocenters. The number of guanidine groups is 1. The standard InChI is InChI=1S/C20H32N6O.HI/c1-15-18(16(2)26(6)24-15)14-23-20(21-3)22-13-17-9-7-8-10-19(17)27-12-11-25(4)5;/h7-10H,11-14H2,1-6H3,(H2,21,22,23);1H. The molecule has 0 atom stereocenters. The molecule has 0 bridgehead atoms. The van der Waals surface area contributed by atoms with Crippen molar-refractivity contribution in [2.75, 3.05) is 34.3 Å². The second-order valence-electron chi connectivity index (χ2n) is 6.81. The number of hydrogen-bond donors (Lipinski definition) is 2. The number of aromatic nitrogens is 2. The predicted octanol–water partition coefficient (Wildman–Crippen LogP) is 2.46. The number of halogens is 1. The van der Waals surface area contributed by atoms with Gasteiger partial charge >= 0.3 is 0 Å². The average molecular weight is 500 g/mol. The Morgan fingerprint density at radius 3 is 2.46 bits per heavy atom. The lowest BCUT2D eigenvalue weighted by molar-refractivity contribution is 0.259. The molecule has 2 aromatic rings. The van der Waals surface area contributed by atoms with E-state index < -0.39 is 0 Å². The van der Waals surface area contributed by atoms with Crippen molar-refractivity contribution < 1.29 is 4.74 Å². The molecule has 1 aromatic carbocycles. The second-order valence-corrected chi connectivity index (χ2v) is 6.81. The third kappa shape index (κ3) is 6.97. The zero-order valence-corrected chi connectivity index (χ0v) is 20.1. The van der Waals surface area contributed by atoms with E-state index in [1.165, 1.54) is 5.56 Å². The Morgan fingerprint density at radius 2 is 1.86 bits per heavy atom. The van der Waals surface area contributed by atoms with Gasteiger partial charge in [-0.05, 0) is 34.0 Å². The highest BCUT2D eigenvalue weighted by Crippen LogP contribution is 2.17. The van der Waals surface area contributed by atoms with Gasteiger partial charge in [0.05, 0.1) is 5.69 Å². The minimum Gasteiger partial charge on any atom is -0.492 e. The fourth-order valence-corrected chi connectivity index (χ4v) is 2.77. The lowest BCUT2D eigenvalue weighted by Crippen LogP contribution is -2.36. The molecule has 0 saturated carbocycles. The number of rotatable bonds is 8. The van der Waals surface area contributed by atoms with Crippen LogP contribution in [0, 0.1) is 13.8 Å². The van der Waals surface area contributed by atoms with Gasteiger partial charge in [-0.15, -0.1) is 24.0 Å². The van der Waals surface area contributed by atoms with Crippen molar-refractivity contribution >= 4 is 29.9 Å². The van der Waals surface area contributed by atoms with E-state index in [1.807, 2.05) is 50.9 Å². The summed E-state index contributed by atoms with van der Waals surface area (Å²) < 4.78 is 7.83. The monoisotopic (exact) mass is 500 g/mol. The van der Waals surface area contributed by atoms with Crippen LogP contribution in [0.15, 0.2) is 29.3 Å². The van der Waals surface area contributed by atoms with E-state index in [2.05, 4.69) is 38.6 Å². The zero-order chi connectivity index (χ0) is 19.8. The molecule has 2 rings (SSSR count). The van der Waals surface area contributed by atoms with Crippen molar-refractivity contribution in [2.24, 2.45) is 12.0 Å². The van der Waals surface area contributed by atoms with Crippen molar-refractivity contribution in [3.63, 3.8) is 0 Å². The molecule has 1 aromatic heterocycles. The van der Waals surface area contributed by atoms with Crippen molar-refractivity contribution in [1.29, 1.82) is 0 Å². The molecule has 0 aliphatic carbocycles. The Kier molecular flexibility index (Phi) is 10.3. The number of nitrogens with one attached hydrogen (secondary N) is 2. The highest BCUT2D eigenvalue weighted by Gasteiger charge is 2.10. The van der Waals surface area contributed by atoms with Crippen LogP contribution in [0.1, 0.15) is 22.5 Å². The molecule has 8 heteroatoms. The van der Waals surface area contributed by atoms with E-state index >= 15 is 0 Å². The van der Waals surface area contributed by atoms with Crippen LogP contribution < -0.4 is 15.4 Å². The van der Waals surface area contributed by atoms with E-state index in [4.69, 9.17) is 4.74 Å². The van der Waals surface area contributed by atoms with Crippen LogP contribution in [0.5, 0.6) is 5.75 Å². The zero-order valence-electron chi connectivity index (χ0n) is 17.7. The van der Waals surface area contributed by atoms with E-state index in [0.29, 0.717) is 19.7 Å². The molecule has 2 N–H and O–H groups in total. The molecule has 156 valence electrons. The lowest BCUT2D eigenvalue weighted by Gasteiger charge is -2.16. The fourth-order valence-electron chi connectivity index (χ4n) is 2.77. The highest BCUT2D eigenvalue weighted by atomic mass is 127. The summed E-state index contributed by atoms with van der Waals surface area (Å²) in [5.74, 6) is 1.65. The number of ether oxygens (including phenoxy) is 1. The molecule has 0 saturated heterocycles. The van der Waals surface area contributed by atoms with Crippen LogP contribution >= 0.6 is 24.0 Å². The lowest BCUT2D eigenvalue weighted by atomic mass is 10.2. The molecule has 1 heterocycles. The first kappa shape index (κ1) is 24.2. The van der Waals surface area contributed by atoms with E-state index in [1.54, 1.807) is 7.05 Å². The molecule has 0 amide bonds. The molecule has 0 spiro atoms. The first-order valence-corrected chi connectivity index (χ1v) is 9.21. The summed E-state index contributed by atoms with van der Waals surface area (Å²) in [6.07, 6.45) is 0. The third-order valence-electron chi connectivity index (χ3n) is 4.53. The molecule has 0 aliphatic heterocycles. The summed E-state index contributed by atoms with van der Waals surface area (Å²) in [4.78, 5) is 6.43. The molecule has 0 fully saturated rings. The van der Waals surface area contributed by atoms with E-state index in [0.717, 1.165) is 35.2 Å². The van der Waals surface area contributed by atoms with Gasteiger partial charge in [0.25, 0.3) is 0 Å². The summed E-state index contributed by atoms with van der Waals surface area (Å²) in [5.41, 5.74) is 4.51. The quantitative estimate of drug-likeness (QED) is 0.331. The number of hydrogen-bond acceptors (Lipinski definition) is 4. The maximum atomic E-state index is 5.92. The van der Waals surface area contributed by atoms with Crippen molar-refractivity contribution in [3.8, 4) is 5.75 Å². The average Bonchev–Trinajstić information content (AvgIpc) is 2.88. The van der Waals surface area contributed by atoms with Crippen molar-refractivity contribution in [1.82, 2.24) is 25.3 Å². The van der Waals surface area contributed by atoms with Gasteiger partial charge in [-0.25, -0.2) is 0 Å². The number of aliphatic imine (C=N–C) groups is 1. The number of aryl methyl sites for hydroxylation is 2. The maximum Gasteiger partial charge on any atom is 0.191 e. The predicted molar refractivity (Wildman–Crippen MR) is 126 cm³/mol. The summed E-state index contributed by atoms with van der Waals surface area (Å²) >= 11 is 0. The Balaban J connectivity index is 0.00000392. The molecule has 0 aliphatic rings. The Bertz CT molecular complexity index is 772. The minimum absolute atomic E-state index is 0. The van der Waals surface area contributed by atoms with Crippen LogP contribution in [0.4, 0.5) is 0 Å². The van der Waals surface area contributed by atoms with Crippen LogP contribution in [0.2, 0.25) is 0 Å².